The molecule has 19 heavy (non-hydrogen) atoms. The quantitative estimate of drug-likeness (QED) is 0.852. The molecule has 2 N–H and O–H groups in total. The fourth-order valence-corrected chi connectivity index (χ4v) is 2.16. The molecule has 0 amide bonds. The van der Waals surface area contributed by atoms with Crippen molar-refractivity contribution in [1.29, 1.82) is 0 Å². The van der Waals surface area contributed by atoms with Crippen LogP contribution in [-0.2, 0) is 6.42 Å². The van der Waals surface area contributed by atoms with E-state index >= 15 is 0 Å². The minimum Gasteiger partial charge on any atom is -0.397 e. The summed E-state index contributed by atoms with van der Waals surface area (Å²) >= 11 is 0. The Morgan fingerprint density at radius 2 is 1.95 bits per heavy atom. The molecule has 100 valence electrons. The predicted molar refractivity (Wildman–Crippen MR) is 79.0 cm³/mol. The molecule has 0 aliphatic carbocycles. The molecule has 0 spiro atoms. The lowest BCUT2D eigenvalue weighted by molar-refractivity contribution is 0.628. The van der Waals surface area contributed by atoms with E-state index in [1.54, 1.807) is 6.07 Å². The van der Waals surface area contributed by atoms with Crippen LogP contribution in [0.5, 0.6) is 0 Å². The highest BCUT2D eigenvalue weighted by Crippen LogP contribution is 2.23. The van der Waals surface area contributed by atoms with Gasteiger partial charge in [0.1, 0.15) is 5.82 Å². The zero-order chi connectivity index (χ0) is 13.8. The highest BCUT2D eigenvalue weighted by molar-refractivity contribution is 5.67. The van der Waals surface area contributed by atoms with Gasteiger partial charge in [-0.25, -0.2) is 4.39 Å². The first-order chi connectivity index (χ1) is 9.06. The number of likely N-dealkylation sites (N-methyl/N-ethyl adjacent to an activating group) is 1. The van der Waals surface area contributed by atoms with E-state index in [9.17, 15) is 4.39 Å². The monoisotopic (exact) mass is 258 g/mol. The van der Waals surface area contributed by atoms with E-state index in [0.717, 1.165) is 18.7 Å². The Hall–Kier alpha value is -2.03. The molecule has 0 heterocycles. The molecule has 2 aromatic rings. The van der Waals surface area contributed by atoms with Crippen molar-refractivity contribution in [3.63, 3.8) is 0 Å². The third kappa shape index (κ3) is 3.47. The van der Waals surface area contributed by atoms with Gasteiger partial charge in [-0.1, -0.05) is 29.8 Å². The van der Waals surface area contributed by atoms with Crippen LogP contribution in [0.1, 0.15) is 11.1 Å². The minimum atomic E-state index is -0.298. The van der Waals surface area contributed by atoms with Crippen molar-refractivity contribution in [2.75, 3.05) is 24.2 Å². The molecule has 2 rings (SSSR count). The number of aryl methyl sites for hydroxylation is 1. The molecule has 2 nitrogen and oxygen atoms in total. The van der Waals surface area contributed by atoms with Crippen molar-refractivity contribution in [1.82, 2.24) is 0 Å². The number of anilines is 2. The van der Waals surface area contributed by atoms with Crippen molar-refractivity contribution in [3.8, 4) is 0 Å². The second-order valence-electron chi connectivity index (χ2n) is 4.86. The minimum absolute atomic E-state index is 0.298. The summed E-state index contributed by atoms with van der Waals surface area (Å²) < 4.78 is 13.0. The molecular formula is C16H19FN2. The molecule has 2 aromatic carbocycles. The first-order valence-corrected chi connectivity index (χ1v) is 6.38. The van der Waals surface area contributed by atoms with E-state index in [1.165, 1.54) is 23.3 Å². The average Bonchev–Trinajstić information content (AvgIpc) is 2.36. The van der Waals surface area contributed by atoms with Gasteiger partial charge < -0.3 is 10.6 Å². The maximum absolute atomic E-state index is 13.0. The van der Waals surface area contributed by atoms with Crippen molar-refractivity contribution < 1.29 is 4.39 Å². The van der Waals surface area contributed by atoms with Gasteiger partial charge in [-0.3, -0.25) is 0 Å². The third-order valence-electron chi connectivity index (χ3n) is 3.22. The molecule has 0 aromatic heterocycles. The number of nitrogens with two attached hydrogens (primary N) is 1. The normalized spacial score (nSPS) is 10.5. The first-order valence-electron chi connectivity index (χ1n) is 6.38. The van der Waals surface area contributed by atoms with Crippen LogP contribution in [0.4, 0.5) is 15.8 Å². The molecule has 0 aliphatic rings. The van der Waals surface area contributed by atoms with Gasteiger partial charge in [-0.05, 0) is 37.1 Å². The molecule has 3 heteroatoms. The molecule has 0 bridgehead atoms. The Kier molecular flexibility index (Phi) is 4.05. The van der Waals surface area contributed by atoms with Crippen LogP contribution in [0.25, 0.3) is 0 Å². The number of halogens is 1. The van der Waals surface area contributed by atoms with E-state index < -0.39 is 0 Å². The van der Waals surface area contributed by atoms with Gasteiger partial charge in [0, 0.05) is 13.6 Å². The van der Waals surface area contributed by atoms with Crippen molar-refractivity contribution >= 4 is 11.4 Å². The van der Waals surface area contributed by atoms with E-state index in [4.69, 9.17) is 5.73 Å². The van der Waals surface area contributed by atoms with Crippen molar-refractivity contribution in [3.05, 3.63) is 59.4 Å². The number of benzene rings is 2. The Morgan fingerprint density at radius 3 is 2.63 bits per heavy atom. The number of nitrogen functional groups attached to an aromatic ring is 1. The van der Waals surface area contributed by atoms with Gasteiger partial charge in [0.25, 0.3) is 0 Å². The predicted octanol–water partition coefficient (Wildman–Crippen LogP) is 3.40. The molecule has 0 saturated carbocycles. The van der Waals surface area contributed by atoms with Crippen LogP contribution in [0.2, 0.25) is 0 Å². The molecule has 0 saturated heterocycles. The van der Waals surface area contributed by atoms with E-state index in [1.807, 2.05) is 7.05 Å². The lowest BCUT2D eigenvalue weighted by Gasteiger charge is -2.21. The van der Waals surface area contributed by atoms with Crippen LogP contribution in [-0.4, -0.2) is 13.6 Å². The SMILES string of the molecule is Cc1cccc(CCN(C)c2ccc(F)cc2N)c1. The standard InChI is InChI=1S/C16H19FN2/c1-12-4-3-5-13(10-12)8-9-19(2)16-7-6-14(17)11-15(16)18/h3-7,10-11H,8-9,18H2,1-2H3. The van der Waals surface area contributed by atoms with Gasteiger partial charge in [0.15, 0.2) is 0 Å². The van der Waals surface area contributed by atoms with Crippen LogP contribution in [0.15, 0.2) is 42.5 Å². The molecular weight excluding hydrogens is 239 g/mol. The van der Waals surface area contributed by atoms with Gasteiger partial charge in [-0.15, -0.1) is 0 Å². The van der Waals surface area contributed by atoms with Gasteiger partial charge >= 0.3 is 0 Å². The fraction of sp³-hybridized carbons (Fsp3) is 0.250. The van der Waals surface area contributed by atoms with E-state index in [2.05, 4.69) is 36.1 Å². The average molecular weight is 258 g/mol. The maximum Gasteiger partial charge on any atom is 0.125 e. The lowest BCUT2D eigenvalue weighted by Crippen LogP contribution is -2.21. The Balaban J connectivity index is 2.03. The van der Waals surface area contributed by atoms with E-state index in [-0.39, 0.29) is 5.82 Å². The zero-order valence-corrected chi connectivity index (χ0v) is 11.4. The zero-order valence-electron chi connectivity index (χ0n) is 11.4. The Labute approximate surface area is 113 Å². The highest BCUT2D eigenvalue weighted by Gasteiger charge is 2.06. The summed E-state index contributed by atoms with van der Waals surface area (Å²) in [5, 5.41) is 0. The van der Waals surface area contributed by atoms with Gasteiger partial charge in [0.2, 0.25) is 0 Å². The highest BCUT2D eigenvalue weighted by atomic mass is 19.1. The number of nitrogens with zero attached hydrogens (tertiary/aromatic N) is 1. The third-order valence-corrected chi connectivity index (χ3v) is 3.22. The maximum atomic E-state index is 13.0. The first kappa shape index (κ1) is 13.4. The fourth-order valence-electron chi connectivity index (χ4n) is 2.16. The summed E-state index contributed by atoms with van der Waals surface area (Å²) in [6.45, 7) is 2.93. The molecule has 0 radical (unpaired) electrons. The van der Waals surface area contributed by atoms with Crippen LogP contribution >= 0.6 is 0 Å². The molecule has 0 fully saturated rings. The summed E-state index contributed by atoms with van der Waals surface area (Å²) in [4.78, 5) is 2.05. The second kappa shape index (κ2) is 5.74. The smallest absolute Gasteiger partial charge is 0.125 e. The summed E-state index contributed by atoms with van der Waals surface area (Å²) in [7, 11) is 1.97. The van der Waals surface area contributed by atoms with E-state index in [0.29, 0.717) is 5.69 Å². The van der Waals surface area contributed by atoms with Crippen LogP contribution in [0, 0.1) is 12.7 Å². The van der Waals surface area contributed by atoms with Gasteiger partial charge in [-0.2, -0.15) is 0 Å². The molecule has 0 unspecified atom stereocenters. The number of hydrogen-bond acceptors (Lipinski definition) is 2. The summed E-state index contributed by atoms with van der Waals surface area (Å²) in [6, 6.07) is 13.0. The Bertz CT molecular complexity index is 566. The van der Waals surface area contributed by atoms with Crippen LogP contribution < -0.4 is 10.6 Å². The van der Waals surface area contributed by atoms with Crippen molar-refractivity contribution in [2.24, 2.45) is 0 Å². The van der Waals surface area contributed by atoms with Crippen molar-refractivity contribution in [2.45, 2.75) is 13.3 Å². The van der Waals surface area contributed by atoms with Gasteiger partial charge in [0.05, 0.1) is 11.4 Å². The van der Waals surface area contributed by atoms with Crippen LogP contribution in [0.3, 0.4) is 0 Å². The largest absolute Gasteiger partial charge is 0.397 e. The topological polar surface area (TPSA) is 29.3 Å². The number of rotatable bonds is 4. The summed E-state index contributed by atoms with van der Waals surface area (Å²) in [6.07, 6.45) is 0.939. The summed E-state index contributed by atoms with van der Waals surface area (Å²) in [5.74, 6) is -0.298. The number of hydrogen-bond donors (Lipinski definition) is 1. The lowest BCUT2D eigenvalue weighted by atomic mass is 10.1. The second-order valence-corrected chi connectivity index (χ2v) is 4.86. The Morgan fingerprint density at radius 1 is 1.16 bits per heavy atom. The molecule has 0 aliphatic heterocycles. The molecule has 0 atom stereocenters. The summed E-state index contributed by atoms with van der Waals surface area (Å²) in [5.41, 5.74) is 9.75.